The second-order valence-corrected chi connectivity index (χ2v) is 13.2. The Bertz CT molecular complexity index is 534. The molecule has 0 fully saturated rings. The lowest BCUT2D eigenvalue weighted by molar-refractivity contribution is -0.0616. The van der Waals surface area contributed by atoms with Crippen LogP contribution in [0.4, 0.5) is 0 Å². The van der Waals surface area contributed by atoms with Crippen molar-refractivity contribution in [3.63, 3.8) is 0 Å². The maximum Gasteiger partial charge on any atom is 0.104 e. The minimum Gasteiger partial charge on any atom is -0.379 e. The summed E-state index contributed by atoms with van der Waals surface area (Å²) >= 11 is 0. The Morgan fingerprint density at radius 2 is 0.705 bits per heavy atom. The van der Waals surface area contributed by atoms with Gasteiger partial charge in [0.15, 0.2) is 0 Å². The summed E-state index contributed by atoms with van der Waals surface area (Å²) in [5, 5.41) is 0. The van der Waals surface area contributed by atoms with Crippen LogP contribution in [-0.2, 0) is 14.2 Å². The highest BCUT2D eigenvalue weighted by Gasteiger charge is 2.10. The molecule has 0 N–H and O–H groups in total. The minimum atomic E-state index is 0.0797. The third kappa shape index (κ3) is 37.5. The Morgan fingerprint density at radius 3 is 1.16 bits per heavy atom. The van der Waals surface area contributed by atoms with Crippen LogP contribution < -0.4 is 0 Å². The number of allylic oxidation sites excluding steroid dienone is 4. The van der Waals surface area contributed by atoms with Crippen molar-refractivity contribution < 1.29 is 14.2 Å². The van der Waals surface area contributed by atoms with Crippen LogP contribution in [-0.4, -0.2) is 39.1 Å². The highest BCUT2D eigenvalue weighted by atomic mass is 16.6. The highest BCUT2D eigenvalue weighted by Crippen LogP contribution is 2.12. The fourth-order valence-electron chi connectivity index (χ4n) is 5.59. The van der Waals surface area contributed by atoms with Gasteiger partial charge in [-0.15, -0.1) is 0 Å². The van der Waals surface area contributed by atoms with E-state index in [1.165, 1.54) is 167 Å². The van der Waals surface area contributed by atoms with E-state index in [4.69, 9.17) is 14.2 Å². The van der Waals surface area contributed by atoms with E-state index in [2.05, 4.69) is 45.1 Å². The molecule has 0 aromatic heterocycles. The summed E-state index contributed by atoms with van der Waals surface area (Å²) in [6, 6.07) is 0. The monoisotopic (exact) mass is 621 g/mol. The topological polar surface area (TPSA) is 27.7 Å². The molecule has 0 unspecified atom stereocenters. The average Bonchev–Trinajstić information content (AvgIpc) is 3.03. The lowest BCUT2D eigenvalue weighted by atomic mass is 10.1. The van der Waals surface area contributed by atoms with Gasteiger partial charge < -0.3 is 14.2 Å². The van der Waals surface area contributed by atoms with Crippen LogP contribution >= 0.6 is 0 Å². The van der Waals surface area contributed by atoms with Crippen LogP contribution in [0, 0.1) is 0 Å². The number of rotatable bonds is 38. The van der Waals surface area contributed by atoms with E-state index in [-0.39, 0.29) is 6.10 Å². The molecule has 0 amide bonds. The van der Waals surface area contributed by atoms with Gasteiger partial charge in [-0.25, -0.2) is 0 Å². The molecule has 0 aliphatic carbocycles. The molecule has 0 aliphatic rings. The van der Waals surface area contributed by atoms with Crippen molar-refractivity contribution in [3.05, 3.63) is 24.3 Å². The molecule has 262 valence electrons. The predicted molar refractivity (Wildman–Crippen MR) is 196 cm³/mol. The zero-order valence-electron chi connectivity index (χ0n) is 30.4. The second-order valence-electron chi connectivity index (χ2n) is 13.2. The van der Waals surface area contributed by atoms with E-state index >= 15 is 0 Å². The molecule has 0 saturated heterocycles. The second kappa shape index (κ2) is 40.4. The number of ether oxygens (including phenoxy) is 3. The van der Waals surface area contributed by atoms with Gasteiger partial charge in [-0.3, -0.25) is 0 Å². The number of hydrogen-bond donors (Lipinski definition) is 0. The quantitative estimate of drug-likeness (QED) is 0.0507. The zero-order chi connectivity index (χ0) is 31.9. The summed E-state index contributed by atoms with van der Waals surface area (Å²) in [6.45, 7) is 10.7. The summed E-state index contributed by atoms with van der Waals surface area (Å²) in [4.78, 5) is 0. The molecule has 0 heterocycles. The van der Waals surface area contributed by atoms with Gasteiger partial charge in [-0.2, -0.15) is 0 Å². The summed E-state index contributed by atoms with van der Waals surface area (Å²) in [5.74, 6) is 0. The first kappa shape index (κ1) is 43.4. The SMILES string of the molecule is CCCCC/C=C\C/C=C\CCCCCCCCOC(COCCCCCCCCCC)COCCCCCCCCCC. The number of hydrogen-bond acceptors (Lipinski definition) is 3. The third-order valence-corrected chi connectivity index (χ3v) is 8.59. The lowest BCUT2D eigenvalue weighted by Crippen LogP contribution is -2.26. The molecule has 0 aliphatic heterocycles. The van der Waals surface area contributed by atoms with Gasteiger partial charge >= 0.3 is 0 Å². The zero-order valence-corrected chi connectivity index (χ0v) is 30.4. The van der Waals surface area contributed by atoms with Gasteiger partial charge in [0.1, 0.15) is 6.10 Å². The van der Waals surface area contributed by atoms with Gasteiger partial charge in [0.2, 0.25) is 0 Å². The van der Waals surface area contributed by atoms with Gasteiger partial charge in [0.25, 0.3) is 0 Å². The standard InChI is InChI=1S/C41H80O3/c1-4-7-10-13-16-19-20-21-22-23-24-25-26-29-32-35-38-44-41(39-42-36-33-30-27-17-14-11-8-5-2)40-43-37-34-31-28-18-15-12-9-6-3/h16,19,21-22,41H,4-15,17-18,20,23-40H2,1-3H3/b19-16-,22-21-. The fourth-order valence-corrected chi connectivity index (χ4v) is 5.59. The first-order valence-corrected chi connectivity index (χ1v) is 19.9. The number of unbranched alkanes of at least 4 members (excludes halogenated alkanes) is 23. The maximum absolute atomic E-state index is 6.26. The van der Waals surface area contributed by atoms with Gasteiger partial charge in [0, 0.05) is 19.8 Å². The molecular weight excluding hydrogens is 540 g/mol. The lowest BCUT2D eigenvalue weighted by Gasteiger charge is -2.18. The van der Waals surface area contributed by atoms with Crippen LogP contribution in [0.2, 0.25) is 0 Å². The van der Waals surface area contributed by atoms with Crippen LogP contribution in [0.3, 0.4) is 0 Å². The van der Waals surface area contributed by atoms with Gasteiger partial charge in [0.05, 0.1) is 13.2 Å². The van der Waals surface area contributed by atoms with Crippen molar-refractivity contribution in [1.29, 1.82) is 0 Å². The van der Waals surface area contributed by atoms with Crippen LogP contribution in [0.25, 0.3) is 0 Å². The molecule has 0 atom stereocenters. The molecule has 0 aromatic carbocycles. The van der Waals surface area contributed by atoms with Crippen molar-refractivity contribution in [1.82, 2.24) is 0 Å². The van der Waals surface area contributed by atoms with E-state index in [1.54, 1.807) is 0 Å². The Morgan fingerprint density at radius 1 is 0.364 bits per heavy atom. The van der Waals surface area contributed by atoms with Crippen LogP contribution in [0.5, 0.6) is 0 Å². The van der Waals surface area contributed by atoms with E-state index in [0.717, 1.165) is 32.7 Å². The molecule has 0 saturated carbocycles. The Balaban J connectivity index is 3.91. The highest BCUT2D eigenvalue weighted by molar-refractivity contribution is 4.92. The molecule has 0 rings (SSSR count). The van der Waals surface area contributed by atoms with Crippen molar-refractivity contribution in [3.8, 4) is 0 Å². The summed E-state index contributed by atoms with van der Waals surface area (Å²) in [6.07, 6.45) is 46.2. The van der Waals surface area contributed by atoms with Crippen LogP contribution in [0.15, 0.2) is 24.3 Å². The Hall–Kier alpha value is -0.640. The van der Waals surface area contributed by atoms with E-state index < -0.39 is 0 Å². The Labute approximate surface area is 277 Å². The molecular formula is C41H80O3. The maximum atomic E-state index is 6.26. The third-order valence-electron chi connectivity index (χ3n) is 8.59. The molecule has 44 heavy (non-hydrogen) atoms. The largest absolute Gasteiger partial charge is 0.379 e. The Kier molecular flexibility index (Phi) is 39.8. The van der Waals surface area contributed by atoms with Crippen molar-refractivity contribution in [2.75, 3.05) is 33.0 Å². The smallest absolute Gasteiger partial charge is 0.104 e. The molecule has 0 spiro atoms. The van der Waals surface area contributed by atoms with E-state index in [0.29, 0.717) is 13.2 Å². The molecule has 0 aromatic rings. The first-order chi connectivity index (χ1) is 21.8. The molecule has 3 heteroatoms. The predicted octanol–water partition coefficient (Wildman–Crippen LogP) is 13.5. The fraction of sp³-hybridized carbons (Fsp3) is 0.902. The first-order valence-electron chi connectivity index (χ1n) is 19.9. The average molecular weight is 621 g/mol. The van der Waals surface area contributed by atoms with Gasteiger partial charge in [-0.05, 0) is 51.4 Å². The summed E-state index contributed by atoms with van der Waals surface area (Å²) in [5.41, 5.74) is 0. The summed E-state index contributed by atoms with van der Waals surface area (Å²) < 4.78 is 18.4. The van der Waals surface area contributed by atoms with Gasteiger partial charge in [-0.1, -0.05) is 173 Å². The van der Waals surface area contributed by atoms with Crippen LogP contribution in [0.1, 0.15) is 201 Å². The van der Waals surface area contributed by atoms with Crippen molar-refractivity contribution >= 4 is 0 Å². The van der Waals surface area contributed by atoms with Crippen molar-refractivity contribution in [2.45, 2.75) is 207 Å². The molecule has 3 nitrogen and oxygen atoms in total. The molecule has 0 bridgehead atoms. The summed E-state index contributed by atoms with van der Waals surface area (Å²) in [7, 11) is 0. The van der Waals surface area contributed by atoms with E-state index in [9.17, 15) is 0 Å². The van der Waals surface area contributed by atoms with E-state index in [1.807, 2.05) is 0 Å². The minimum absolute atomic E-state index is 0.0797. The molecule has 0 radical (unpaired) electrons. The van der Waals surface area contributed by atoms with Crippen molar-refractivity contribution in [2.24, 2.45) is 0 Å². The normalized spacial score (nSPS) is 12.1.